The van der Waals surface area contributed by atoms with E-state index in [9.17, 15) is 31.5 Å². The SMILES string of the molecule is CC(=O)C(C(N)=O)c1c(F)c(F)c(F)c(F)c1F. The molecule has 0 aromatic heterocycles. The third-order valence-electron chi connectivity index (χ3n) is 2.22. The summed E-state index contributed by atoms with van der Waals surface area (Å²) in [5.74, 6) is -16.2. The van der Waals surface area contributed by atoms with Crippen molar-refractivity contribution in [1.82, 2.24) is 0 Å². The van der Waals surface area contributed by atoms with Gasteiger partial charge in [-0.3, -0.25) is 9.59 Å². The molecular formula is C10H6F5NO2. The number of hydrogen-bond donors (Lipinski definition) is 1. The molecule has 2 N–H and O–H groups in total. The summed E-state index contributed by atoms with van der Waals surface area (Å²) in [6, 6.07) is 0. The zero-order valence-electron chi connectivity index (χ0n) is 8.86. The second kappa shape index (κ2) is 4.71. The third kappa shape index (κ3) is 2.05. The topological polar surface area (TPSA) is 60.2 Å². The van der Waals surface area contributed by atoms with E-state index >= 15 is 0 Å². The number of amides is 1. The molecule has 0 aliphatic rings. The van der Waals surface area contributed by atoms with Crippen LogP contribution in [-0.4, -0.2) is 11.7 Å². The summed E-state index contributed by atoms with van der Waals surface area (Å²) in [4.78, 5) is 21.9. The average Bonchev–Trinajstić information content (AvgIpc) is 2.28. The molecule has 0 aliphatic heterocycles. The van der Waals surface area contributed by atoms with Crippen LogP contribution in [0.5, 0.6) is 0 Å². The van der Waals surface area contributed by atoms with E-state index in [1.54, 1.807) is 0 Å². The molecule has 0 saturated heterocycles. The van der Waals surface area contributed by atoms with Gasteiger partial charge in [-0.25, -0.2) is 22.0 Å². The first-order chi connectivity index (χ1) is 8.20. The van der Waals surface area contributed by atoms with Gasteiger partial charge in [-0.15, -0.1) is 0 Å². The number of halogens is 5. The summed E-state index contributed by atoms with van der Waals surface area (Å²) in [7, 11) is 0. The molecule has 98 valence electrons. The maximum Gasteiger partial charge on any atom is 0.232 e. The second-order valence-corrected chi connectivity index (χ2v) is 3.43. The predicted molar refractivity (Wildman–Crippen MR) is 48.8 cm³/mol. The van der Waals surface area contributed by atoms with E-state index in [-0.39, 0.29) is 0 Å². The van der Waals surface area contributed by atoms with Crippen molar-refractivity contribution in [2.24, 2.45) is 5.73 Å². The Balaban J connectivity index is 3.69. The smallest absolute Gasteiger partial charge is 0.232 e. The highest BCUT2D eigenvalue weighted by Gasteiger charge is 2.35. The zero-order chi connectivity index (χ0) is 14.2. The lowest BCUT2D eigenvalue weighted by Crippen LogP contribution is -2.29. The van der Waals surface area contributed by atoms with Gasteiger partial charge in [-0.2, -0.15) is 0 Å². The van der Waals surface area contributed by atoms with Crippen molar-refractivity contribution in [2.75, 3.05) is 0 Å². The first kappa shape index (κ1) is 14.1. The van der Waals surface area contributed by atoms with Gasteiger partial charge in [0.25, 0.3) is 0 Å². The minimum atomic E-state index is -2.37. The van der Waals surface area contributed by atoms with Crippen LogP contribution in [0.2, 0.25) is 0 Å². The molecule has 1 aromatic carbocycles. The van der Waals surface area contributed by atoms with Crippen LogP contribution in [0.1, 0.15) is 18.4 Å². The van der Waals surface area contributed by atoms with Gasteiger partial charge in [0, 0.05) is 5.56 Å². The van der Waals surface area contributed by atoms with Gasteiger partial charge < -0.3 is 5.73 Å². The van der Waals surface area contributed by atoms with Crippen LogP contribution in [0, 0.1) is 29.1 Å². The Morgan fingerprint density at radius 2 is 1.22 bits per heavy atom. The standard InChI is InChI=1S/C10H6F5NO2/c1-2(17)3(10(16)18)4-5(11)7(13)9(15)8(14)6(4)12/h3H,1H3,(H2,16,18). The van der Waals surface area contributed by atoms with Gasteiger partial charge in [0.1, 0.15) is 11.7 Å². The summed E-state index contributed by atoms with van der Waals surface area (Å²) in [5.41, 5.74) is 3.18. The van der Waals surface area contributed by atoms with Crippen LogP contribution < -0.4 is 5.73 Å². The number of ketones is 1. The number of rotatable bonds is 3. The Bertz CT molecular complexity index is 501. The lowest BCUT2D eigenvalue weighted by molar-refractivity contribution is -0.127. The van der Waals surface area contributed by atoms with Crippen LogP contribution in [-0.2, 0) is 9.59 Å². The predicted octanol–water partition coefficient (Wildman–Crippen LogP) is 1.54. The monoisotopic (exact) mass is 267 g/mol. The van der Waals surface area contributed by atoms with E-state index in [0.29, 0.717) is 0 Å². The van der Waals surface area contributed by atoms with Gasteiger partial charge >= 0.3 is 0 Å². The summed E-state index contributed by atoms with van der Waals surface area (Å²) < 4.78 is 65.1. The van der Waals surface area contributed by atoms with Crippen LogP contribution >= 0.6 is 0 Å². The molecule has 0 spiro atoms. The van der Waals surface area contributed by atoms with Crippen molar-refractivity contribution in [3.8, 4) is 0 Å². The first-order valence-electron chi connectivity index (χ1n) is 4.51. The molecule has 0 radical (unpaired) electrons. The molecule has 0 bridgehead atoms. The molecule has 1 rings (SSSR count). The zero-order valence-corrected chi connectivity index (χ0v) is 8.86. The Morgan fingerprint density at radius 3 is 1.50 bits per heavy atom. The average molecular weight is 267 g/mol. The second-order valence-electron chi connectivity index (χ2n) is 3.43. The lowest BCUT2D eigenvalue weighted by atomic mass is 9.93. The van der Waals surface area contributed by atoms with Gasteiger partial charge in [-0.05, 0) is 6.92 Å². The molecule has 8 heteroatoms. The molecule has 0 aliphatic carbocycles. The molecule has 1 unspecified atom stereocenters. The molecule has 0 fully saturated rings. The largest absolute Gasteiger partial charge is 0.369 e. The van der Waals surface area contributed by atoms with Crippen LogP contribution in [0.4, 0.5) is 22.0 Å². The van der Waals surface area contributed by atoms with Crippen molar-refractivity contribution in [3.05, 3.63) is 34.6 Å². The van der Waals surface area contributed by atoms with Crippen LogP contribution in [0.15, 0.2) is 0 Å². The van der Waals surface area contributed by atoms with Gasteiger partial charge in [-0.1, -0.05) is 0 Å². The van der Waals surface area contributed by atoms with E-state index in [0.717, 1.165) is 6.92 Å². The number of Topliss-reactive ketones (excluding diaryl/α,β-unsaturated/α-hetero) is 1. The van der Waals surface area contributed by atoms with Gasteiger partial charge in [0.15, 0.2) is 23.3 Å². The van der Waals surface area contributed by atoms with Gasteiger partial charge in [0.05, 0.1) is 0 Å². The van der Waals surface area contributed by atoms with Crippen molar-refractivity contribution in [2.45, 2.75) is 12.8 Å². The number of nitrogens with two attached hydrogens (primary N) is 1. The molecule has 0 saturated carbocycles. The Morgan fingerprint density at radius 1 is 0.889 bits per heavy atom. The highest BCUT2D eigenvalue weighted by molar-refractivity contribution is 6.05. The van der Waals surface area contributed by atoms with Crippen molar-refractivity contribution >= 4 is 11.7 Å². The van der Waals surface area contributed by atoms with E-state index < -0.39 is 52.3 Å². The third-order valence-corrected chi connectivity index (χ3v) is 2.22. The molecule has 18 heavy (non-hydrogen) atoms. The quantitative estimate of drug-likeness (QED) is 0.391. The van der Waals surface area contributed by atoms with E-state index in [4.69, 9.17) is 5.73 Å². The molecule has 0 heterocycles. The maximum absolute atomic E-state index is 13.3. The Labute approximate surface area is 97.4 Å². The lowest BCUT2D eigenvalue weighted by Gasteiger charge is -2.13. The Hall–Kier alpha value is -1.99. The summed E-state index contributed by atoms with van der Waals surface area (Å²) in [5, 5.41) is 0. The van der Waals surface area contributed by atoms with E-state index in [2.05, 4.69) is 0 Å². The number of carbonyl (C=O) groups excluding carboxylic acids is 2. The van der Waals surface area contributed by atoms with Gasteiger partial charge in [0.2, 0.25) is 11.7 Å². The summed E-state index contributed by atoms with van der Waals surface area (Å²) >= 11 is 0. The molecular weight excluding hydrogens is 261 g/mol. The normalized spacial score (nSPS) is 12.3. The fourth-order valence-corrected chi connectivity index (χ4v) is 1.42. The van der Waals surface area contributed by atoms with Crippen LogP contribution in [0.25, 0.3) is 0 Å². The van der Waals surface area contributed by atoms with E-state index in [1.165, 1.54) is 0 Å². The van der Waals surface area contributed by atoms with Crippen molar-refractivity contribution in [3.63, 3.8) is 0 Å². The number of primary amides is 1. The highest BCUT2D eigenvalue weighted by Crippen LogP contribution is 2.29. The summed E-state index contributed by atoms with van der Waals surface area (Å²) in [6.07, 6.45) is 0. The Kier molecular flexibility index (Phi) is 3.68. The van der Waals surface area contributed by atoms with E-state index in [1.807, 2.05) is 0 Å². The first-order valence-corrected chi connectivity index (χ1v) is 4.51. The molecule has 1 atom stereocenters. The molecule has 1 amide bonds. The minimum Gasteiger partial charge on any atom is -0.369 e. The number of carbonyl (C=O) groups is 2. The minimum absolute atomic E-state index is 0.744. The fourth-order valence-electron chi connectivity index (χ4n) is 1.42. The number of hydrogen-bond acceptors (Lipinski definition) is 2. The highest BCUT2D eigenvalue weighted by atomic mass is 19.2. The number of benzene rings is 1. The summed E-state index contributed by atoms with van der Waals surface area (Å²) in [6.45, 7) is 0.744. The fraction of sp³-hybridized carbons (Fsp3) is 0.200. The molecule has 3 nitrogen and oxygen atoms in total. The van der Waals surface area contributed by atoms with Crippen LogP contribution in [0.3, 0.4) is 0 Å². The maximum atomic E-state index is 13.3. The van der Waals surface area contributed by atoms with Crippen molar-refractivity contribution in [1.29, 1.82) is 0 Å². The molecule has 1 aromatic rings. The van der Waals surface area contributed by atoms with Crippen molar-refractivity contribution < 1.29 is 31.5 Å².